The number of aliphatic hydroxyl groups is 1. The maximum atomic E-state index is 13.5. The SMILES string of the molecule is O=C(NCC1(O)CCC1)c1cc2c(F)cccc2s1. The zero-order valence-corrected chi connectivity index (χ0v) is 11.1. The number of rotatable bonds is 3. The molecule has 0 atom stereocenters. The molecule has 2 N–H and O–H groups in total. The molecule has 1 aliphatic carbocycles. The molecule has 0 aliphatic heterocycles. The second-order valence-electron chi connectivity index (χ2n) is 5.02. The quantitative estimate of drug-likeness (QED) is 0.907. The third-order valence-electron chi connectivity index (χ3n) is 3.59. The lowest BCUT2D eigenvalue weighted by molar-refractivity contribution is -0.0300. The smallest absolute Gasteiger partial charge is 0.261 e. The van der Waals surface area contributed by atoms with E-state index in [9.17, 15) is 14.3 Å². The molecule has 1 aromatic heterocycles. The van der Waals surface area contributed by atoms with Crippen LogP contribution >= 0.6 is 11.3 Å². The molecule has 3 nitrogen and oxygen atoms in total. The van der Waals surface area contributed by atoms with Crippen LogP contribution in [0.25, 0.3) is 10.1 Å². The molecule has 100 valence electrons. The van der Waals surface area contributed by atoms with Crippen LogP contribution in [0.5, 0.6) is 0 Å². The number of fused-ring (bicyclic) bond motifs is 1. The van der Waals surface area contributed by atoms with Crippen LogP contribution < -0.4 is 5.32 Å². The minimum atomic E-state index is -0.738. The molecule has 1 amide bonds. The normalized spacial score (nSPS) is 17.2. The van der Waals surface area contributed by atoms with E-state index in [2.05, 4.69) is 5.32 Å². The molecule has 0 radical (unpaired) electrons. The van der Waals surface area contributed by atoms with Crippen LogP contribution in [0, 0.1) is 5.82 Å². The van der Waals surface area contributed by atoms with Crippen molar-refractivity contribution in [3.8, 4) is 0 Å². The van der Waals surface area contributed by atoms with Gasteiger partial charge < -0.3 is 10.4 Å². The van der Waals surface area contributed by atoms with Crippen LogP contribution in [0.15, 0.2) is 24.3 Å². The Balaban J connectivity index is 1.76. The van der Waals surface area contributed by atoms with Crippen molar-refractivity contribution in [3.63, 3.8) is 0 Å². The highest BCUT2D eigenvalue weighted by molar-refractivity contribution is 7.20. The Hall–Kier alpha value is -1.46. The molecule has 2 aromatic rings. The summed E-state index contributed by atoms with van der Waals surface area (Å²) in [5, 5.41) is 13.1. The Morgan fingerprint density at radius 2 is 2.26 bits per heavy atom. The molecular formula is C14H14FNO2S. The van der Waals surface area contributed by atoms with Gasteiger partial charge in [0.05, 0.1) is 10.5 Å². The summed E-state index contributed by atoms with van der Waals surface area (Å²) in [5.74, 6) is -0.564. The van der Waals surface area contributed by atoms with E-state index in [0.29, 0.717) is 10.3 Å². The largest absolute Gasteiger partial charge is 0.388 e. The third-order valence-corrected chi connectivity index (χ3v) is 4.69. The Morgan fingerprint density at radius 1 is 1.47 bits per heavy atom. The van der Waals surface area contributed by atoms with Crippen molar-refractivity contribution >= 4 is 27.3 Å². The lowest BCUT2D eigenvalue weighted by Gasteiger charge is -2.36. The first-order chi connectivity index (χ1) is 9.07. The molecule has 0 bridgehead atoms. The molecule has 1 heterocycles. The predicted octanol–water partition coefficient (Wildman–Crippen LogP) is 2.69. The van der Waals surface area contributed by atoms with Gasteiger partial charge in [0.1, 0.15) is 5.82 Å². The summed E-state index contributed by atoms with van der Waals surface area (Å²) in [5.41, 5.74) is -0.738. The van der Waals surface area contributed by atoms with Crippen LogP contribution in [0.1, 0.15) is 28.9 Å². The molecule has 19 heavy (non-hydrogen) atoms. The van der Waals surface area contributed by atoms with Crippen LogP contribution in [0.2, 0.25) is 0 Å². The van der Waals surface area contributed by atoms with Gasteiger partial charge in [0, 0.05) is 16.6 Å². The van der Waals surface area contributed by atoms with Gasteiger partial charge in [-0.3, -0.25) is 4.79 Å². The second-order valence-corrected chi connectivity index (χ2v) is 6.11. The van der Waals surface area contributed by atoms with Crippen LogP contribution in [0.4, 0.5) is 4.39 Å². The number of hydrogen-bond donors (Lipinski definition) is 2. The average Bonchev–Trinajstić information content (AvgIpc) is 2.79. The van der Waals surface area contributed by atoms with Crippen LogP contribution in [-0.2, 0) is 0 Å². The fourth-order valence-electron chi connectivity index (χ4n) is 2.23. The first-order valence-electron chi connectivity index (χ1n) is 6.26. The van der Waals surface area contributed by atoms with Crippen molar-refractivity contribution in [1.82, 2.24) is 5.32 Å². The van der Waals surface area contributed by atoms with Gasteiger partial charge in [0.25, 0.3) is 5.91 Å². The topological polar surface area (TPSA) is 49.3 Å². The number of nitrogens with one attached hydrogen (secondary N) is 1. The van der Waals surface area contributed by atoms with Gasteiger partial charge >= 0.3 is 0 Å². The molecule has 1 fully saturated rings. The highest BCUT2D eigenvalue weighted by Crippen LogP contribution is 2.31. The van der Waals surface area contributed by atoms with Crippen molar-refractivity contribution < 1.29 is 14.3 Å². The van der Waals surface area contributed by atoms with E-state index in [-0.39, 0.29) is 18.3 Å². The lowest BCUT2D eigenvalue weighted by Crippen LogP contribution is -2.47. The first-order valence-corrected chi connectivity index (χ1v) is 7.08. The Morgan fingerprint density at radius 3 is 2.89 bits per heavy atom. The van der Waals surface area contributed by atoms with Gasteiger partial charge in [-0.15, -0.1) is 11.3 Å². The maximum absolute atomic E-state index is 13.5. The summed E-state index contributed by atoms with van der Waals surface area (Å²) in [6, 6.07) is 6.37. The van der Waals surface area contributed by atoms with Gasteiger partial charge in [-0.2, -0.15) is 0 Å². The summed E-state index contributed by atoms with van der Waals surface area (Å²) in [6.45, 7) is 0.266. The van der Waals surface area contributed by atoms with Gasteiger partial charge in [-0.1, -0.05) is 6.07 Å². The third kappa shape index (κ3) is 2.35. The van der Waals surface area contributed by atoms with Gasteiger partial charge in [0.15, 0.2) is 0 Å². The minimum Gasteiger partial charge on any atom is -0.388 e. The molecular weight excluding hydrogens is 265 g/mol. The van der Waals surface area contributed by atoms with Crippen molar-refractivity contribution in [2.24, 2.45) is 0 Å². The second kappa shape index (κ2) is 4.58. The van der Waals surface area contributed by atoms with E-state index >= 15 is 0 Å². The van der Waals surface area contributed by atoms with E-state index in [4.69, 9.17) is 0 Å². The minimum absolute atomic E-state index is 0.249. The van der Waals surface area contributed by atoms with Crippen molar-refractivity contribution in [3.05, 3.63) is 35.0 Å². The summed E-state index contributed by atoms with van der Waals surface area (Å²) in [7, 11) is 0. The fourth-order valence-corrected chi connectivity index (χ4v) is 3.22. The van der Waals surface area contributed by atoms with Crippen molar-refractivity contribution in [2.75, 3.05) is 6.54 Å². The van der Waals surface area contributed by atoms with E-state index in [0.717, 1.165) is 24.0 Å². The predicted molar refractivity (Wildman–Crippen MR) is 72.9 cm³/mol. The number of amides is 1. The van der Waals surface area contributed by atoms with Gasteiger partial charge in [0.2, 0.25) is 0 Å². The number of carbonyl (C=O) groups excluding carboxylic acids is 1. The van der Waals surface area contributed by atoms with Crippen molar-refractivity contribution in [2.45, 2.75) is 24.9 Å². The number of hydrogen-bond acceptors (Lipinski definition) is 3. The van der Waals surface area contributed by atoms with Gasteiger partial charge in [-0.05, 0) is 37.5 Å². The number of carbonyl (C=O) groups is 1. The zero-order valence-electron chi connectivity index (χ0n) is 10.3. The van der Waals surface area contributed by atoms with E-state index < -0.39 is 5.60 Å². The lowest BCUT2D eigenvalue weighted by atomic mass is 9.80. The fraction of sp³-hybridized carbons (Fsp3) is 0.357. The Kier molecular flexibility index (Phi) is 3.03. The van der Waals surface area contributed by atoms with E-state index in [1.54, 1.807) is 18.2 Å². The average molecular weight is 279 g/mol. The van der Waals surface area contributed by atoms with E-state index in [1.807, 2.05) is 0 Å². The highest BCUT2D eigenvalue weighted by atomic mass is 32.1. The molecule has 0 saturated heterocycles. The molecule has 1 aliphatic rings. The number of benzene rings is 1. The molecule has 5 heteroatoms. The standard InChI is InChI=1S/C14H14FNO2S/c15-10-3-1-4-11-9(10)7-12(19-11)13(17)16-8-14(18)5-2-6-14/h1,3-4,7,18H,2,5-6,8H2,(H,16,17). The highest BCUT2D eigenvalue weighted by Gasteiger charge is 2.34. The number of halogens is 1. The van der Waals surface area contributed by atoms with Crippen LogP contribution in [0.3, 0.4) is 0 Å². The summed E-state index contributed by atoms with van der Waals surface area (Å²) in [6.07, 6.45) is 2.46. The maximum Gasteiger partial charge on any atom is 0.261 e. The zero-order chi connectivity index (χ0) is 13.5. The van der Waals surface area contributed by atoms with E-state index in [1.165, 1.54) is 17.4 Å². The summed E-state index contributed by atoms with van der Waals surface area (Å²) < 4.78 is 14.3. The van der Waals surface area contributed by atoms with Gasteiger partial charge in [-0.25, -0.2) is 4.39 Å². The molecule has 3 rings (SSSR count). The number of thiophene rings is 1. The Labute approximate surface area is 114 Å². The summed E-state index contributed by atoms with van der Waals surface area (Å²) in [4.78, 5) is 12.5. The monoisotopic (exact) mass is 279 g/mol. The summed E-state index contributed by atoms with van der Waals surface area (Å²) >= 11 is 1.26. The van der Waals surface area contributed by atoms with Crippen LogP contribution in [-0.4, -0.2) is 23.2 Å². The molecule has 0 spiro atoms. The molecule has 0 unspecified atom stereocenters. The first kappa shape index (κ1) is 12.6. The van der Waals surface area contributed by atoms with Crippen molar-refractivity contribution in [1.29, 1.82) is 0 Å². The molecule has 1 saturated carbocycles. The molecule has 1 aromatic carbocycles. The Bertz CT molecular complexity index is 633.